The molecule has 0 unspecified atom stereocenters. The summed E-state index contributed by atoms with van der Waals surface area (Å²) in [4.78, 5) is 11.4. The van der Waals surface area contributed by atoms with Gasteiger partial charge in [0.15, 0.2) is 17.3 Å². The van der Waals surface area contributed by atoms with Gasteiger partial charge in [-0.3, -0.25) is 4.79 Å². The van der Waals surface area contributed by atoms with Gasteiger partial charge in [-0.2, -0.15) is 0 Å². The van der Waals surface area contributed by atoms with E-state index in [1.165, 1.54) is 77.6 Å². The number of ketones is 1. The summed E-state index contributed by atoms with van der Waals surface area (Å²) in [6.45, 7) is 3.62. The number of allylic oxidation sites excluding steroid dienone is 2. The largest absolute Gasteiger partial charge is 0.504 e. The quantitative estimate of drug-likeness (QED) is 0.133. The van der Waals surface area contributed by atoms with Crippen LogP contribution in [0.2, 0.25) is 0 Å². The number of aromatic hydroxyl groups is 2. The van der Waals surface area contributed by atoms with E-state index >= 15 is 0 Å². The fraction of sp³-hybridized carbons (Fsp3) is 0.640. The normalized spacial score (nSPS) is 11.4. The number of benzene rings is 1. The van der Waals surface area contributed by atoms with Crippen LogP contribution in [0.15, 0.2) is 24.3 Å². The van der Waals surface area contributed by atoms with Crippen molar-refractivity contribution in [1.82, 2.24) is 0 Å². The van der Waals surface area contributed by atoms with Crippen molar-refractivity contribution < 1.29 is 15.0 Å². The lowest BCUT2D eigenvalue weighted by atomic mass is 10.0. The Balaban J connectivity index is 2.00. The third-order valence-electron chi connectivity index (χ3n) is 5.32. The monoisotopic (exact) mass is 388 g/mol. The van der Waals surface area contributed by atoms with E-state index < -0.39 is 0 Å². The standard InChI is InChI=1S/C25H40O3/c1-3-4-5-6-7-8-9-10-11-12-13-14-15-16-17-18-22-19-20-23(21(2)26)25(28)24(22)27/h6-7,19-20,27-28H,3-5,8-18H2,1-2H3/b7-6-. The van der Waals surface area contributed by atoms with Gasteiger partial charge < -0.3 is 10.2 Å². The summed E-state index contributed by atoms with van der Waals surface area (Å²) in [5.41, 5.74) is 0.917. The number of unbranched alkanes of at least 4 members (excludes halogenated alkanes) is 11. The summed E-state index contributed by atoms with van der Waals surface area (Å²) in [7, 11) is 0. The molecule has 2 N–H and O–H groups in total. The number of carbonyl (C=O) groups excluding carboxylic acids is 1. The van der Waals surface area contributed by atoms with Crippen molar-refractivity contribution in [3.63, 3.8) is 0 Å². The Morgan fingerprint density at radius 1 is 0.786 bits per heavy atom. The van der Waals surface area contributed by atoms with E-state index in [2.05, 4.69) is 19.1 Å². The first-order chi connectivity index (χ1) is 13.6. The third-order valence-corrected chi connectivity index (χ3v) is 5.32. The van der Waals surface area contributed by atoms with Crippen LogP contribution in [-0.2, 0) is 6.42 Å². The van der Waals surface area contributed by atoms with Gasteiger partial charge in [0, 0.05) is 0 Å². The Labute approximate surface area is 171 Å². The summed E-state index contributed by atoms with van der Waals surface area (Å²) in [6.07, 6.45) is 21.8. The smallest absolute Gasteiger partial charge is 0.168 e. The van der Waals surface area contributed by atoms with Crippen LogP contribution in [0, 0.1) is 0 Å². The minimum absolute atomic E-state index is 0.132. The number of Topliss-reactive ketones (excluding diaryl/α,β-unsaturated/α-hetero) is 1. The van der Waals surface area contributed by atoms with Crippen LogP contribution in [0.1, 0.15) is 113 Å². The molecule has 0 amide bonds. The molecular weight excluding hydrogens is 348 g/mol. The van der Waals surface area contributed by atoms with Gasteiger partial charge in [-0.1, -0.05) is 82.9 Å². The molecule has 0 saturated heterocycles. The molecule has 0 aromatic heterocycles. The maximum Gasteiger partial charge on any atom is 0.168 e. The maximum absolute atomic E-state index is 11.4. The van der Waals surface area contributed by atoms with Crippen LogP contribution in [0.3, 0.4) is 0 Å². The van der Waals surface area contributed by atoms with E-state index in [1.807, 2.05) is 0 Å². The van der Waals surface area contributed by atoms with Gasteiger partial charge in [0.05, 0.1) is 5.56 Å². The van der Waals surface area contributed by atoms with Crippen molar-refractivity contribution in [2.24, 2.45) is 0 Å². The van der Waals surface area contributed by atoms with Gasteiger partial charge in [-0.25, -0.2) is 0 Å². The fourth-order valence-electron chi connectivity index (χ4n) is 3.48. The number of hydrogen-bond donors (Lipinski definition) is 2. The fourth-order valence-corrected chi connectivity index (χ4v) is 3.48. The highest BCUT2D eigenvalue weighted by Gasteiger charge is 2.14. The molecule has 1 rings (SSSR count). The first kappa shape index (κ1) is 24.3. The molecule has 1 aromatic carbocycles. The zero-order chi connectivity index (χ0) is 20.6. The van der Waals surface area contributed by atoms with Gasteiger partial charge in [0.25, 0.3) is 0 Å². The molecule has 0 heterocycles. The van der Waals surface area contributed by atoms with Crippen molar-refractivity contribution >= 4 is 5.78 Å². The van der Waals surface area contributed by atoms with Crippen molar-refractivity contribution in [1.29, 1.82) is 0 Å². The second kappa shape index (κ2) is 15.2. The number of rotatable bonds is 16. The summed E-state index contributed by atoms with van der Waals surface area (Å²) < 4.78 is 0. The van der Waals surface area contributed by atoms with Crippen LogP contribution in [-0.4, -0.2) is 16.0 Å². The molecule has 1 aromatic rings. The average molecular weight is 389 g/mol. The maximum atomic E-state index is 11.4. The van der Waals surface area contributed by atoms with E-state index in [1.54, 1.807) is 12.1 Å². The molecule has 0 fully saturated rings. The first-order valence-corrected chi connectivity index (χ1v) is 11.3. The van der Waals surface area contributed by atoms with E-state index in [4.69, 9.17) is 0 Å². The van der Waals surface area contributed by atoms with Crippen LogP contribution in [0.25, 0.3) is 0 Å². The minimum atomic E-state index is -0.276. The molecule has 0 spiro atoms. The minimum Gasteiger partial charge on any atom is -0.504 e. The lowest BCUT2D eigenvalue weighted by Crippen LogP contribution is -1.95. The van der Waals surface area contributed by atoms with Crippen LogP contribution >= 0.6 is 0 Å². The highest BCUT2D eigenvalue weighted by Crippen LogP contribution is 2.33. The predicted molar refractivity (Wildman–Crippen MR) is 118 cm³/mol. The Morgan fingerprint density at radius 3 is 1.89 bits per heavy atom. The van der Waals surface area contributed by atoms with Gasteiger partial charge in [-0.05, 0) is 50.7 Å². The van der Waals surface area contributed by atoms with Crippen LogP contribution in [0.5, 0.6) is 11.5 Å². The number of carbonyl (C=O) groups is 1. The van der Waals surface area contributed by atoms with Crippen molar-refractivity contribution in [3.05, 3.63) is 35.4 Å². The molecule has 0 aliphatic heterocycles. The van der Waals surface area contributed by atoms with Gasteiger partial charge >= 0.3 is 0 Å². The lowest BCUT2D eigenvalue weighted by Gasteiger charge is -2.09. The lowest BCUT2D eigenvalue weighted by molar-refractivity contribution is 0.101. The Kier molecular flexibility index (Phi) is 13.2. The van der Waals surface area contributed by atoms with Gasteiger partial charge in [0.1, 0.15) is 0 Å². The van der Waals surface area contributed by atoms with Gasteiger partial charge in [0.2, 0.25) is 0 Å². The molecule has 28 heavy (non-hydrogen) atoms. The SMILES string of the molecule is CCCC/C=C\CCCCCCCCCCCc1ccc(C(C)=O)c(O)c1O. The van der Waals surface area contributed by atoms with Crippen molar-refractivity contribution in [3.8, 4) is 11.5 Å². The first-order valence-electron chi connectivity index (χ1n) is 11.3. The molecule has 0 aliphatic carbocycles. The molecule has 0 saturated carbocycles. The predicted octanol–water partition coefficient (Wildman–Crippen LogP) is 7.49. The molecule has 0 radical (unpaired) electrons. The van der Waals surface area contributed by atoms with Crippen molar-refractivity contribution in [2.45, 2.75) is 104 Å². The molecule has 0 bridgehead atoms. The second-order valence-electron chi connectivity index (χ2n) is 7.86. The van der Waals surface area contributed by atoms with E-state index in [0.29, 0.717) is 0 Å². The zero-order valence-corrected chi connectivity index (χ0v) is 18.0. The molecule has 158 valence electrons. The Bertz CT molecular complexity index is 590. The van der Waals surface area contributed by atoms with E-state index in [0.717, 1.165) is 24.8 Å². The average Bonchev–Trinajstić information content (AvgIpc) is 2.67. The molecule has 3 heteroatoms. The number of hydrogen-bond acceptors (Lipinski definition) is 3. The molecule has 3 nitrogen and oxygen atoms in total. The molecule has 0 atom stereocenters. The van der Waals surface area contributed by atoms with E-state index in [9.17, 15) is 15.0 Å². The highest BCUT2D eigenvalue weighted by molar-refractivity contribution is 5.97. The van der Waals surface area contributed by atoms with Crippen LogP contribution in [0.4, 0.5) is 0 Å². The summed E-state index contributed by atoms with van der Waals surface area (Å²) in [6, 6.07) is 3.36. The topological polar surface area (TPSA) is 57.5 Å². The van der Waals surface area contributed by atoms with Gasteiger partial charge in [-0.15, -0.1) is 0 Å². The molecule has 0 aliphatic rings. The zero-order valence-electron chi connectivity index (χ0n) is 18.0. The Hall–Kier alpha value is -1.77. The highest BCUT2D eigenvalue weighted by atomic mass is 16.3. The van der Waals surface area contributed by atoms with Crippen LogP contribution < -0.4 is 0 Å². The number of aryl methyl sites for hydroxylation is 1. The third kappa shape index (κ3) is 9.96. The number of phenolic OH excluding ortho intramolecular Hbond substituents is 2. The second-order valence-corrected chi connectivity index (χ2v) is 7.86. The summed E-state index contributed by atoms with van der Waals surface area (Å²) in [5.74, 6) is -0.642. The van der Waals surface area contributed by atoms with E-state index in [-0.39, 0.29) is 22.8 Å². The Morgan fingerprint density at radius 2 is 1.32 bits per heavy atom. The molecular formula is C25H40O3. The summed E-state index contributed by atoms with van der Waals surface area (Å²) >= 11 is 0. The summed E-state index contributed by atoms with van der Waals surface area (Å²) in [5, 5.41) is 19.9. The van der Waals surface area contributed by atoms with Crippen molar-refractivity contribution in [2.75, 3.05) is 0 Å². The number of phenols is 2.